The van der Waals surface area contributed by atoms with Gasteiger partial charge in [-0.15, -0.1) is 0 Å². The minimum atomic E-state index is 0.650. The zero-order chi connectivity index (χ0) is 12.4. The maximum absolute atomic E-state index is 6.05. The summed E-state index contributed by atoms with van der Waals surface area (Å²) in [5.41, 5.74) is 7.81. The number of para-hydroxylation sites is 1. The number of rotatable bonds is 2. The van der Waals surface area contributed by atoms with Crippen LogP contribution in [0.25, 0.3) is 0 Å². The van der Waals surface area contributed by atoms with E-state index >= 15 is 0 Å². The number of piperidine rings is 1. The highest BCUT2D eigenvalue weighted by Crippen LogP contribution is 2.32. The molecular weight excluding hydrogens is 234 g/mol. The molecule has 0 atom stereocenters. The van der Waals surface area contributed by atoms with Crippen LogP contribution in [-0.2, 0) is 0 Å². The minimum Gasteiger partial charge on any atom is -0.396 e. The quantitative estimate of drug-likeness (QED) is 0.822. The van der Waals surface area contributed by atoms with Crippen LogP contribution in [0.15, 0.2) is 18.2 Å². The SMILES string of the molecule is CN(C)C1CCN(c2cccc(Cl)c2N)CC1. The first kappa shape index (κ1) is 12.5. The predicted molar refractivity (Wildman–Crippen MR) is 74.8 cm³/mol. The van der Waals surface area contributed by atoms with Gasteiger partial charge in [-0.1, -0.05) is 17.7 Å². The van der Waals surface area contributed by atoms with Gasteiger partial charge in [-0.3, -0.25) is 0 Å². The van der Waals surface area contributed by atoms with E-state index in [9.17, 15) is 0 Å². The summed E-state index contributed by atoms with van der Waals surface area (Å²) in [5, 5.41) is 0.650. The number of hydrogen-bond acceptors (Lipinski definition) is 3. The Kier molecular flexibility index (Phi) is 3.79. The van der Waals surface area contributed by atoms with Gasteiger partial charge in [0.2, 0.25) is 0 Å². The van der Waals surface area contributed by atoms with E-state index in [4.69, 9.17) is 17.3 Å². The molecule has 1 saturated heterocycles. The third kappa shape index (κ3) is 2.67. The average molecular weight is 254 g/mol. The molecule has 4 heteroatoms. The van der Waals surface area contributed by atoms with Crippen molar-refractivity contribution in [1.29, 1.82) is 0 Å². The molecule has 1 heterocycles. The molecule has 0 saturated carbocycles. The van der Waals surface area contributed by atoms with Crippen LogP contribution in [-0.4, -0.2) is 38.1 Å². The Bertz CT molecular complexity index is 384. The van der Waals surface area contributed by atoms with Gasteiger partial charge >= 0.3 is 0 Å². The van der Waals surface area contributed by atoms with Crippen LogP contribution in [0.2, 0.25) is 5.02 Å². The fraction of sp³-hybridized carbons (Fsp3) is 0.538. The van der Waals surface area contributed by atoms with E-state index in [-0.39, 0.29) is 0 Å². The van der Waals surface area contributed by atoms with Gasteiger partial charge in [-0.25, -0.2) is 0 Å². The predicted octanol–water partition coefficient (Wildman–Crippen LogP) is 2.45. The number of anilines is 2. The molecule has 0 bridgehead atoms. The Labute approximate surface area is 108 Å². The summed E-state index contributed by atoms with van der Waals surface area (Å²) >= 11 is 6.05. The molecule has 0 spiro atoms. The number of nitrogen functional groups attached to an aromatic ring is 1. The summed E-state index contributed by atoms with van der Waals surface area (Å²) in [7, 11) is 4.29. The highest BCUT2D eigenvalue weighted by molar-refractivity contribution is 6.33. The lowest BCUT2D eigenvalue weighted by Crippen LogP contribution is -2.42. The summed E-state index contributed by atoms with van der Waals surface area (Å²) in [6.45, 7) is 2.10. The Morgan fingerprint density at radius 2 is 1.94 bits per heavy atom. The lowest BCUT2D eigenvalue weighted by molar-refractivity contribution is 0.250. The summed E-state index contributed by atoms with van der Waals surface area (Å²) in [6.07, 6.45) is 2.36. The van der Waals surface area contributed by atoms with Gasteiger partial charge in [0.25, 0.3) is 0 Å². The molecule has 0 radical (unpaired) electrons. The molecule has 1 aliphatic heterocycles. The van der Waals surface area contributed by atoms with Gasteiger partial charge in [-0.05, 0) is 39.1 Å². The zero-order valence-corrected chi connectivity index (χ0v) is 11.2. The molecular formula is C13H20ClN3. The van der Waals surface area contributed by atoms with Crippen LogP contribution in [0.1, 0.15) is 12.8 Å². The van der Waals surface area contributed by atoms with Gasteiger partial charge in [0.1, 0.15) is 0 Å². The summed E-state index contributed by atoms with van der Waals surface area (Å²) < 4.78 is 0. The van der Waals surface area contributed by atoms with Gasteiger partial charge in [-0.2, -0.15) is 0 Å². The Morgan fingerprint density at radius 1 is 1.29 bits per heavy atom. The first-order valence-electron chi connectivity index (χ1n) is 6.05. The van der Waals surface area contributed by atoms with Crippen molar-refractivity contribution in [1.82, 2.24) is 4.90 Å². The second-order valence-corrected chi connectivity index (χ2v) is 5.26. The first-order valence-corrected chi connectivity index (χ1v) is 6.42. The molecule has 1 aliphatic rings. The maximum Gasteiger partial charge on any atom is 0.0741 e. The normalized spacial score (nSPS) is 17.8. The Balaban J connectivity index is 2.08. The first-order chi connectivity index (χ1) is 8.09. The van der Waals surface area contributed by atoms with Crippen molar-refractivity contribution in [2.75, 3.05) is 37.8 Å². The number of hydrogen-bond donors (Lipinski definition) is 1. The number of benzene rings is 1. The monoisotopic (exact) mass is 253 g/mol. The maximum atomic E-state index is 6.05. The highest BCUT2D eigenvalue weighted by atomic mass is 35.5. The van der Waals surface area contributed by atoms with Crippen LogP contribution >= 0.6 is 11.6 Å². The van der Waals surface area contributed by atoms with Crippen LogP contribution < -0.4 is 10.6 Å². The van der Waals surface area contributed by atoms with Crippen LogP contribution in [0, 0.1) is 0 Å². The zero-order valence-electron chi connectivity index (χ0n) is 10.5. The molecule has 0 amide bonds. The van der Waals surface area contributed by atoms with Gasteiger partial charge < -0.3 is 15.5 Å². The van der Waals surface area contributed by atoms with E-state index in [2.05, 4.69) is 30.0 Å². The molecule has 2 N–H and O–H groups in total. The van der Waals surface area contributed by atoms with Crippen molar-refractivity contribution in [2.24, 2.45) is 0 Å². The lowest BCUT2D eigenvalue weighted by atomic mass is 10.0. The number of nitrogens with zero attached hydrogens (tertiary/aromatic N) is 2. The standard InChI is InChI=1S/C13H20ClN3/c1-16(2)10-6-8-17(9-7-10)12-5-3-4-11(14)13(12)15/h3-5,10H,6-9,15H2,1-2H3. The van der Waals surface area contributed by atoms with E-state index in [1.54, 1.807) is 0 Å². The van der Waals surface area contributed by atoms with Crippen molar-refractivity contribution in [3.8, 4) is 0 Å². The van der Waals surface area contributed by atoms with Crippen molar-refractivity contribution in [3.05, 3.63) is 23.2 Å². The topological polar surface area (TPSA) is 32.5 Å². The van der Waals surface area contributed by atoms with E-state index in [1.165, 1.54) is 12.8 Å². The van der Waals surface area contributed by atoms with Crippen molar-refractivity contribution in [2.45, 2.75) is 18.9 Å². The molecule has 1 aromatic carbocycles. The summed E-state index contributed by atoms with van der Waals surface area (Å²) in [5.74, 6) is 0. The van der Waals surface area contributed by atoms with E-state index in [1.807, 2.05) is 12.1 Å². The Hall–Kier alpha value is -0.930. The van der Waals surface area contributed by atoms with Crippen LogP contribution in [0.4, 0.5) is 11.4 Å². The van der Waals surface area contributed by atoms with Crippen molar-refractivity contribution >= 4 is 23.0 Å². The third-order valence-electron chi connectivity index (χ3n) is 3.57. The summed E-state index contributed by atoms with van der Waals surface area (Å²) in [4.78, 5) is 4.64. The fourth-order valence-electron chi connectivity index (χ4n) is 2.42. The van der Waals surface area contributed by atoms with Crippen molar-refractivity contribution < 1.29 is 0 Å². The minimum absolute atomic E-state index is 0.650. The number of nitrogens with two attached hydrogens (primary N) is 1. The van der Waals surface area contributed by atoms with Gasteiger partial charge in [0.05, 0.1) is 16.4 Å². The van der Waals surface area contributed by atoms with Crippen LogP contribution in [0.3, 0.4) is 0 Å². The van der Waals surface area contributed by atoms with E-state index < -0.39 is 0 Å². The molecule has 2 rings (SSSR count). The molecule has 0 unspecified atom stereocenters. The smallest absolute Gasteiger partial charge is 0.0741 e. The summed E-state index contributed by atoms with van der Waals surface area (Å²) in [6, 6.07) is 6.54. The number of halogens is 1. The molecule has 17 heavy (non-hydrogen) atoms. The molecule has 94 valence electrons. The van der Waals surface area contributed by atoms with Gasteiger partial charge in [0.15, 0.2) is 0 Å². The second-order valence-electron chi connectivity index (χ2n) is 4.85. The lowest BCUT2D eigenvalue weighted by Gasteiger charge is -2.37. The molecule has 1 aromatic rings. The fourth-order valence-corrected chi connectivity index (χ4v) is 2.59. The molecule has 0 aliphatic carbocycles. The van der Waals surface area contributed by atoms with Crippen molar-refractivity contribution in [3.63, 3.8) is 0 Å². The Morgan fingerprint density at radius 3 is 2.53 bits per heavy atom. The average Bonchev–Trinajstić information content (AvgIpc) is 2.33. The largest absolute Gasteiger partial charge is 0.396 e. The van der Waals surface area contributed by atoms with E-state index in [0.29, 0.717) is 16.8 Å². The second kappa shape index (κ2) is 5.15. The molecule has 1 fully saturated rings. The van der Waals surface area contributed by atoms with Crippen LogP contribution in [0.5, 0.6) is 0 Å². The molecule has 3 nitrogen and oxygen atoms in total. The van der Waals surface area contributed by atoms with Gasteiger partial charge in [0, 0.05) is 19.1 Å². The molecule has 0 aromatic heterocycles. The highest BCUT2D eigenvalue weighted by Gasteiger charge is 2.22. The third-order valence-corrected chi connectivity index (χ3v) is 3.89. The van der Waals surface area contributed by atoms with E-state index in [0.717, 1.165) is 18.8 Å².